The average Bonchev–Trinajstić information content (AvgIpc) is 2.44. The van der Waals surface area contributed by atoms with Gasteiger partial charge in [-0.25, -0.2) is 0 Å². The monoisotopic (exact) mass is 267 g/mol. The van der Waals surface area contributed by atoms with E-state index in [0.29, 0.717) is 13.5 Å². The van der Waals surface area contributed by atoms with Crippen molar-refractivity contribution in [3.63, 3.8) is 0 Å². The highest BCUT2D eigenvalue weighted by atomic mass is 16.5. The number of hydrogen-bond donors (Lipinski definition) is 0. The molecular weight excluding hydrogens is 242 g/mol. The Morgan fingerprint density at radius 3 is 2.11 bits per heavy atom. The minimum absolute atomic E-state index is 0.505. The molecule has 4 nitrogen and oxygen atoms in total. The molecule has 0 aromatic heterocycles. The van der Waals surface area contributed by atoms with E-state index in [0.717, 1.165) is 24.5 Å². The first-order valence-corrected chi connectivity index (χ1v) is 6.77. The van der Waals surface area contributed by atoms with E-state index in [-0.39, 0.29) is 0 Å². The molecule has 0 aliphatic heterocycles. The molecule has 4 heteroatoms. The van der Waals surface area contributed by atoms with E-state index in [1.807, 2.05) is 29.2 Å². The summed E-state index contributed by atoms with van der Waals surface area (Å²) in [5.41, 5.74) is 1.06. The van der Waals surface area contributed by atoms with Crippen LogP contribution in [0.4, 0.5) is 5.69 Å². The minimum Gasteiger partial charge on any atom is -0.494 e. The van der Waals surface area contributed by atoms with Crippen LogP contribution in [0.2, 0.25) is 0 Å². The van der Waals surface area contributed by atoms with E-state index < -0.39 is 0 Å². The maximum Gasteiger partial charge on any atom is 0.120 e. The molecule has 0 amide bonds. The summed E-state index contributed by atoms with van der Waals surface area (Å²) in [5, 5.41) is 0. The first-order valence-electron chi connectivity index (χ1n) is 6.77. The quantitative estimate of drug-likeness (QED) is 0.481. The Bertz CT molecular complexity index is 321. The van der Waals surface area contributed by atoms with Gasteiger partial charge in [0.1, 0.15) is 19.2 Å². The summed E-state index contributed by atoms with van der Waals surface area (Å²) in [6.45, 7) is 3.98. The van der Waals surface area contributed by atoms with Crippen molar-refractivity contribution < 1.29 is 14.2 Å². The van der Waals surface area contributed by atoms with Gasteiger partial charge < -0.3 is 19.1 Å². The van der Waals surface area contributed by atoms with Gasteiger partial charge in [0.05, 0.1) is 6.61 Å². The Balaban J connectivity index is 2.49. The lowest BCUT2D eigenvalue weighted by Gasteiger charge is -2.22. The molecule has 0 aliphatic rings. The van der Waals surface area contributed by atoms with Crippen LogP contribution in [0.3, 0.4) is 0 Å². The highest BCUT2D eigenvalue weighted by molar-refractivity contribution is 5.48. The maximum absolute atomic E-state index is 5.68. The Morgan fingerprint density at radius 1 is 0.947 bits per heavy atom. The third-order valence-electron chi connectivity index (χ3n) is 2.79. The maximum atomic E-state index is 5.68. The Morgan fingerprint density at radius 2 is 1.58 bits per heavy atom. The van der Waals surface area contributed by atoms with Crippen molar-refractivity contribution in [2.24, 2.45) is 0 Å². The first kappa shape index (κ1) is 15.8. The van der Waals surface area contributed by atoms with Crippen LogP contribution in [0.1, 0.15) is 26.2 Å². The summed E-state index contributed by atoms with van der Waals surface area (Å²) in [6.07, 6.45) is 3.54. The predicted molar refractivity (Wildman–Crippen MR) is 77.7 cm³/mol. The van der Waals surface area contributed by atoms with Crippen molar-refractivity contribution in [1.82, 2.24) is 0 Å². The van der Waals surface area contributed by atoms with Crippen LogP contribution in [-0.2, 0) is 9.47 Å². The van der Waals surface area contributed by atoms with Gasteiger partial charge in [-0.2, -0.15) is 0 Å². The van der Waals surface area contributed by atoms with Crippen LogP contribution in [0.15, 0.2) is 24.3 Å². The summed E-state index contributed by atoms with van der Waals surface area (Å²) in [5.74, 6) is 0.912. The number of anilines is 1. The van der Waals surface area contributed by atoms with Gasteiger partial charge in [0.2, 0.25) is 0 Å². The molecule has 0 spiro atoms. The molecule has 1 aromatic carbocycles. The molecule has 19 heavy (non-hydrogen) atoms. The highest BCUT2D eigenvalue weighted by Crippen LogP contribution is 2.19. The number of rotatable bonds is 10. The second-order valence-electron chi connectivity index (χ2n) is 4.42. The van der Waals surface area contributed by atoms with Crippen molar-refractivity contribution in [3.05, 3.63) is 24.3 Å². The van der Waals surface area contributed by atoms with Crippen molar-refractivity contribution in [2.75, 3.05) is 39.2 Å². The minimum atomic E-state index is 0.505. The van der Waals surface area contributed by atoms with Crippen LogP contribution in [0, 0.1) is 0 Å². The zero-order valence-corrected chi connectivity index (χ0v) is 12.2. The first-order chi connectivity index (χ1) is 9.31. The summed E-state index contributed by atoms with van der Waals surface area (Å²) in [7, 11) is 3.35. The smallest absolute Gasteiger partial charge is 0.120 e. The molecule has 0 atom stereocenters. The van der Waals surface area contributed by atoms with E-state index in [4.69, 9.17) is 14.2 Å². The van der Waals surface area contributed by atoms with E-state index in [1.165, 1.54) is 12.8 Å². The van der Waals surface area contributed by atoms with Gasteiger partial charge in [-0.05, 0) is 30.7 Å². The number of hydrogen-bond acceptors (Lipinski definition) is 4. The van der Waals surface area contributed by atoms with Crippen molar-refractivity contribution >= 4 is 5.69 Å². The molecule has 0 N–H and O–H groups in total. The second-order valence-corrected chi connectivity index (χ2v) is 4.42. The van der Waals surface area contributed by atoms with Gasteiger partial charge in [0, 0.05) is 19.9 Å². The number of unbranched alkanes of at least 4 members (excludes halogenated alkanes) is 2. The van der Waals surface area contributed by atoms with E-state index in [9.17, 15) is 0 Å². The molecule has 1 aromatic rings. The highest BCUT2D eigenvalue weighted by Gasteiger charge is 2.05. The van der Waals surface area contributed by atoms with Gasteiger partial charge in [-0.3, -0.25) is 0 Å². The van der Waals surface area contributed by atoms with Crippen molar-refractivity contribution in [3.8, 4) is 5.75 Å². The lowest BCUT2D eigenvalue weighted by Crippen LogP contribution is -2.27. The summed E-state index contributed by atoms with van der Waals surface area (Å²) >= 11 is 0. The standard InChI is InChI=1S/C15H25NO3/c1-4-5-6-11-19-15-9-7-14(8-10-15)16(12-17-2)13-18-3/h7-10H,4-6,11-13H2,1-3H3. The molecule has 0 unspecified atom stereocenters. The van der Waals surface area contributed by atoms with Crippen molar-refractivity contribution in [2.45, 2.75) is 26.2 Å². The van der Waals surface area contributed by atoms with Crippen LogP contribution >= 0.6 is 0 Å². The second kappa shape index (κ2) is 9.64. The summed E-state index contributed by atoms with van der Waals surface area (Å²) in [4.78, 5) is 2.00. The average molecular weight is 267 g/mol. The van der Waals surface area contributed by atoms with E-state index in [2.05, 4.69) is 6.92 Å². The third kappa shape index (κ3) is 5.94. The Labute approximate surface area is 116 Å². The summed E-state index contributed by atoms with van der Waals surface area (Å²) < 4.78 is 16.0. The van der Waals surface area contributed by atoms with Gasteiger partial charge in [-0.15, -0.1) is 0 Å². The van der Waals surface area contributed by atoms with Crippen LogP contribution in [0.5, 0.6) is 5.75 Å². The number of nitrogens with zero attached hydrogens (tertiary/aromatic N) is 1. The fourth-order valence-electron chi connectivity index (χ4n) is 1.79. The van der Waals surface area contributed by atoms with E-state index in [1.54, 1.807) is 14.2 Å². The largest absolute Gasteiger partial charge is 0.494 e. The molecule has 0 bridgehead atoms. The van der Waals surface area contributed by atoms with Crippen LogP contribution in [0.25, 0.3) is 0 Å². The predicted octanol–water partition coefficient (Wildman–Crippen LogP) is 3.27. The number of ether oxygens (including phenoxy) is 3. The molecule has 0 radical (unpaired) electrons. The molecule has 0 saturated carbocycles. The molecule has 0 saturated heterocycles. The van der Waals surface area contributed by atoms with Gasteiger partial charge in [0.25, 0.3) is 0 Å². The van der Waals surface area contributed by atoms with Gasteiger partial charge >= 0.3 is 0 Å². The Kier molecular flexibility index (Phi) is 8.02. The van der Waals surface area contributed by atoms with Crippen LogP contribution < -0.4 is 9.64 Å². The molecule has 0 aliphatic carbocycles. The zero-order chi connectivity index (χ0) is 13.9. The fraction of sp³-hybridized carbons (Fsp3) is 0.600. The zero-order valence-electron chi connectivity index (χ0n) is 12.2. The van der Waals surface area contributed by atoms with Gasteiger partial charge in [-0.1, -0.05) is 19.8 Å². The molecule has 0 heterocycles. The lowest BCUT2D eigenvalue weighted by atomic mass is 10.2. The van der Waals surface area contributed by atoms with Gasteiger partial charge in [0.15, 0.2) is 0 Å². The molecule has 108 valence electrons. The number of methoxy groups -OCH3 is 2. The van der Waals surface area contributed by atoms with E-state index >= 15 is 0 Å². The SMILES string of the molecule is CCCCCOc1ccc(N(COC)COC)cc1. The normalized spacial score (nSPS) is 10.5. The topological polar surface area (TPSA) is 30.9 Å². The molecular formula is C15H25NO3. The van der Waals surface area contributed by atoms with Crippen LogP contribution in [-0.4, -0.2) is 34.3 Å². The van der Waals surface area contributed by atoms with Crippen molar-refractivity contribution in [1.29, 1.82) is 0 Å². The summed E-state index contributed by atoms with van der Waals surface area (Å²) in [6, 6.07) is 8.01. The third-order valence-corrected chi connectivity index (χ3v) is 2.79. The molecule has 0 fully saturated rings. The fourth-order valence-corrected chi connectivity index (χ4v) is 1.79. The lowest BCUT2D eigenvalue weighted by molar-refractivity contribution is 0.140. The molecule has 1 rings (SSSR count). The Hall–Kier alpha value is -1.26. The number of benzene rings is 1.